The highest BCUT2D eigenvalue weighted by Crippen LogP contribution is 2.54. The monoisotopic (exact) mass is 570 g/mol. The Bertz CT molecular complexity index is 1170. The standard InChI is InChI=1S/C17H19OS.C4HF9O3S/c18-16(13-19-10-3-4-11-19)12-15-8-5-7-14-6-1-2-9-17(14)15;5-1(6,3(9,10)11)2(7,8)4(12,13)17(14,15)16/h1-2,5-9H,3-4,10-13H2;(H,14,15,16)/q+1;/p-1. The molecule has 1 aliphatic rings. The molecule has 1 fully saturated rings. The molecule has 2 aromatic rings. The maximum Gasteiger partial charge on any atom is 0.460 e. The van der Waals surface area contributed by atoms with Crippen LogP contribution in [0.1, 0.15) is 18.4 Å². The number of hydrogen-bond acceptors (Lipinski definition) is 4. The fraction of sp³-hybridized carbons (Fsp3) is 0.476. The molecule has 0 aromatic heterocycles. The van der Waals surface area contributed by atoms with Gasteiger partial charge in [-0.2, -0.15) is 39.5 Å². The average Bonchev–Trinajstić information content (AvgIpc) is 3.25. The lowest BCUT2D eigenvalue weighted by Gasteiger charge is -2.34. The molecule has 3 rings (SSSR count). The van der Waals surface area contributed by atoms with Crippen molar-refractivity contribution in [2.45, 2.75) is 42.5 Å². The van der Waals surface area contributed by atoms with Gasteiger partial charge in [0.25, 0.3) is 0 Å². The summed E-state index contributed by atoms with van der Waals surface area (Å²) in [6.07, 6.45) is -3.91. The molecule has 0 atom stereocenters. The summed E-state index contributed by atoms with van der Waals surface area (Å²) in [5.74, 6) is -11.0. The number of hydrogen-bond donors (Lipinski definition) is 0. The molecular formula is C21H19F9O4S2. The fourth-order valence-electron chi connectivity index (χ4n) is 3.31. The summed E-state index contributed by atoms with van der Waals surface area (Å²) < 4.78 is 135. The summed E-state index contributed by atoms with van der Waals surface area (Å²) in [6, 6.07) is 14.6. The normalized spacial score (nSPS) is 16.1. The van der Waals surface area contributed by atoms with Gasteiger partial charge in [-0.25, -0.2) is 8.42 Å². The van der Waals surface area contributed by atoms with Crippen LogP contribution in [0.2, 0.25) is 0 Å². The van der Waals surface area contributed by atoms with Crippen LogP contribution in [0.4, 0.5) is 39.5 Å². The van der Waals surface area contributed by atoms with Crippen LogP contribution in [0.25, 0.3) is 10.8 Å². The van der Waals surface area contributed by atoms with Gasteiger partial charge in [-0.3, -0.25) is 4.79 Å². The molecule has 2 aromatic carbocycles. The Kier molecular flexibility index (Phi) is 9.05. The van der Waals surface area contributed by atoms with Gasteiger partial charge in [-0.1, -0.05) is 42.5 Å². The van der Waals surface area contributed by atoms with Gasteiger partial charge in [-0.15, -0.1) is 0 Å². The molecule has 0 amide bonds. The second-order valence-electron chi connectivity index (χ2n) is 7.84. The number of rotatable bonds is 7. The average molecular weight is 570 g/mol. The minimum Gasteiger partial charge on any atom is -0.743 e. The summed E-state index contributed by atoms with van der Waals surface area (Å²) in [5, 5.41) is -4.65. The van der Waals surface area contributed by atoms with Crippen LogP contribution in [-0.4, -0.2) is 59.3 Å². The fourth-order valence-corrected chi connectivity index (χ4v) is 6.03. The molecule has 0 bridgehead atoms. The maximum absolute atomic E-state index is 12.2. The van der Waals surface area contributed by atoms with Gasteiger partial charge in [0, 0.05) is 6.42 Å². The van der Waals surface area contributed by atoms with E-state index in [0.717, 1.165) is 5.75 Å². The Labute approximate surface area is 202 Å². The zero-order valence-corrected chi connectivity index (χ0v) is 19.8. The highest BCUT2D eigenvalue weighted by Gasteiger charge is 2.83. The summed E-state index contributed by atoms with van der Waals surface area (Å²) in [4.78, 5) is 12.2. The van der Waals surface area contributed by atoms with Gasteiger partial charge in [0.05, 0.1) is 0 Å². The number of halogens is 9. The molecule has 1 saturated heterocycles. The lowest BCUT2D eigenvalue weighted by Crippen LogP contribution is -2.63. The molecule has 1 aliphatic heterocycles. The van der Waals surface area contributed by atoms with Gasteiger partial charge in [0.2, 0.25) is 0 Å². The number of Topliss-reactive ketones (excluding diaryl/α,β-unsaturated/α-hetero) is 1. The van der Waals surface area contributed by atoms with Crippen LogP contribution in [0.15, 0.2) is 42.5 Å². The third kappa shape index (κ3) is 6.28. The Balaban J connectivity index is 0.000000256. The number of alkyl halides is 9. The van der Waals surface area contributed by atoms with Crippen molar-refractivity contribution in [1.29, 1.82) is 0 Å². The van der Waals surface area contributed by atoms with E-state index in [1.54, 1.807) is 0 Å². The highest BCUT2D eigenvalue weighted by molar-refractivity contribution is 7.97. The second kappa shape index (κ2) is 10.8. The summed E-state index contributed by atoms with van der Waals surface area (Å²) in [5.41, 5.74) is 1.19. The summed E-state index contributed by atoms with van der Waals surface area (Å²) >= 11 is 0. The minimum atomic E-state index is -7.43. The first-order chi connectivity index (χ1) is 16.3. The first-order valence-corrected chi connectivity index (χ1v) is 13.2. The van der Waals surface area contributed by atoms with Gasteiger partial charge >= 0.3 is 23.3 Å². The van der Waals surface area contributed by atoms with Crippen LogP contribution in [-0.2, 0) is 32.2 Å². The quantitative estimate of drug-likeness (QED) is 0.257. The van der Waals surface area contributed by atoms with E-state index in [1.165, 1.54) is 40.7 Å². The minimum absolute atomic E-state index is 0.386. The molecule has 0 radical (unpaired) electrons. The number of carbonyl (C=O) groups is 1. The van der Waals surface area contributed by atoms with E-state index >= 15 is 0 Å². The van der Waals surface area contributed by atoms with Crippen molar-refractivity contribution in [3.8, 4) is 0 Å². The number of carbonyl (C=O) groups excluding carboxylic acids is 1. The molecule has 0 unspecified atom stereocenters. The largest absolute Gasteiger partial charge is 0.743 e. The van der Waals surface area contributed by atoms with E-state index in [9.17, 15) is 57.3 Å². The second-order valence-corrected chi connectivity index (χ2v) is 11.6. The molecular weight excluding hydrogens is 551 g/mol. The van der Waals surface area contributed by atoms with Crippen molar-refractivity contribution in [2.24, 2.45) is 0 Å². The van der Waals surface area contributed by atoms with Gasteiger partial charge in [-0.05, 0) is 40.1 Å². The molecule has 0 spiro atoms. The molecule has 36 heavy (non-hydrogen) atoms. The van der Waals surface area contributed by atoms with Crippen molar-refractivity contribution in [3.05, 3.63) is 48.0 Å². The molecule has 15 heteroatoms. The van der Waals surface area contributed by atoms with Crippen LogP contribution < -0.4 is 0 Å². The van der Waals surface area contributed by atoms with Crippen LogP contribution in [0.5, 0.6) is 0 Å². The van der Waals surface area contributed by atoms with Gasteiger partial charge < -0.3 is 4.55 Å². The predicted molar refractivity (Wildman–Crippen MR) is 114 cm³/mol. The lowest BCUT2D eigenvalue weighted by molar-refractivity contribution is -0.382. The smallest absolute Gasteiger partial charge is 0.460 e. The number of benzene rings is 2. The predicted octanol–water partition coefficient (Wildman–Crippen LogP) is 5.32. The molecule has 0 aliphatic carbocycles. The Hall–Kier alpha value is -2.00. The molecule has 0 N–H and O–H groups in total. The van der Waals surface area contributed by atoms with Crippen LogP contribution in [0.3, 0.4) is 0 Å². The van der Waals surface area contributed by atoms with Crippen molar-refractivity contribution in [3.63, 3.8) is 0 Å². The Morgan fingerprint density at radius 3 is 1.89 bits per heavy atom. The zero-order chi connectivity index (χ0) is 27.6. The first-order valence-electron chi connectivity index (χ1n) is 10.1. The maximum atomic E-state index is 12.2. The third-order valence-electron chi connectivity index (χ3n) is 5.18. The molecule has 4 nitrogen and oxygen atoms in total. The van der Waals surface area contributed by atoms with Crippen molar-refractivity contribution in [1.82, 2.24) is 0 Å². The number of fused-ring (bicyclic) bond motifs is 1. The molecule has 0 saturated carbocycles. The van der Waals surface area contributed by atoms with Crippen LogP contribution in [0, 0.1) is 0 Å². The SMILES string of the molecule is O=C(Cc1cccc2ccccc12)C[S+]1CCCC1.O=S(=O)([O-])C(F)(F)C(F)(F)C(F)(F)C(F)(F)F. The topological polar surface area (TPSA) is 74.3 Å². The van der Waals surface area contributed by atoms with E-state index in [-0.39, 0.29) is 0 Å². The third-order valence-corrected chi connectivity index (χ3v) is 8.53. The van der Waals surface area contributed by atoms with Crippen molar-refractivity contribution < 1.29 is 57.3 Å². The highest BCUT2D eigenvalue weighted by atomic mass is 32.2. The van der Waals surface area contributed by atoms with Crippen molar-refractivity contribution in [2.75, 3.05) is 17.3 Å². The number of ketones is 1. The zero-order valence-electron chi connectivity index (χ0n) is 18.1. The molecule has 1 heterocycles. The van der Waals surface area contributed by atoms with E-state index in [4.69, 9.17) is 0 Å². The van der Waals surface area contributed by atoms with E-state index in [2.05, 4.69) is 36.4 Å². The Morgan fingerprint density at radius 1 is 0.833 bits per heavy atom. The molecule has 202 valence electrons. The van der Waals surface area contributed by atoms with Crippen molar-refractivity contribution >= 4 is 37.6 Å². The van der Waals surface area contributed by atoms with E-state index in [0.29, 0.717) is 23.1 Å². The lowest BCUT2D eigenvalue weighted by atomic mass is 10.0. The first kappa shape index (κ1) is 30.2. The van der Waals surface area contributed by atoms with E-state index in [1.807, 2.05) is 6.07 Å². The van der Waals surface area contributed by atoms with Gasteiger partial charge in [0.1, 0.15) is 11.5 Å². The Morgan fingerprint density at radius 2 is 1.36 bits per heavy atom. The van der Waals surface area contributed by atoms with Gasteiger partial charge in [0.15, 0.2) is 21.7 Å². The summed E-state index contributed by atoms with van der Waals surface area (Å²) in [7, 11) is -7.03. The van der Waals surface area contributed by atoms with E-state index < -0.39 is 33.4 Å². The van der Waals surface area contributed by atoms with Crippen LogP contribution >= 0.6 is 0 Å². The summed E-state index contributed by atoms with van der Waals surface area (Å²) in [6.45, 7) is 0.